The summed E-state index contributed by atoms with van der Waals surface area (Å²) in [6, 6.07) is 2.18. The van der Waals surface area contributed by atoms with Gasteiger partial charge >= 0.3 is 0 Å². The van der Waals surface area contributed by atoms with Crippen molar-refractivity contribution in [2.45, 2.75) is 39.5 Å². The van der Waals surface area contributed by atoms with E-state index in [2.05, 4.69) is 11.4 Å². The fourth-order valence-corrected chi connectivity index (χ4v) is 3.67. The molecule has 1 heterocycles. The number of nitrogens with zero attached hydrogens (tertiary/aromatic N) is 1. The molecule has 1 aromatic heterocycles. The monoisotopic (exact) mass is 277 g/mol. The van der Waals surface area contributed by atoms with Crippen molar-refractivity contribution in [3.8, 4) is 6.07 Å². The van der Waals surface area contributed by atoms with Gasteiger partial charge in [0.25, 0.3) is 0 Å². The van der Waals surface area contributed by atoms with Crippen molar-refractivity contribution in [1.82, 2.24) is 0 Å². The predicted molar refractivity (Wildman–Crippen MR) is 77.1 cm³/mol. The van der Waals surface area contributed by atoms with Gasteiger partial charge in [-0.15, -0.1) is 11.3 Å². The van der Waals surface area contributed by atoms with Gasteiger partial charge in [-0.3, -0.25) is 4.79 Å². The quantitative estimate of drug-likeness (QED) is 0.891. The molecule has 0 aliphatic heterocycles. The van der Waals surface area contributed by atoms with E-state index in [9.17, 15) is 10.1 Å². The van der Waals surface area contributed by atoms with E-state index in [0.717, 1.165) is 36.1 Å². The van der Waals surface area contributed by atoms with Gasteiger partial charge in [0.15, 0.2) is 0 Å². The van der Waals surface area contributed by atoms with E-state index in [1.807, 2.05) is 13.8 Å². The summed E-state index contributed by atoms with van der Waals surface area (Å²) in [5, 5.41) is 12.8. The van der Waals surface area contributed by atoms with Crippen molar-refractivity contribution >= 4 is 22.2 Å². The van der Waals surface area contributed by atoms with E-state index < -0.39 is 5.41 Å². The molecule has 3 N–H and O–H groups in total. The first kappa shape index (κ1) is 14.0. The normalized spacial score (nSPS) is 17.2. The second-order valence-corrected chi connectivity index (χ2v) is 6.47. The summed E-state index contributed by atoms with van der Waals surface area (Å²) < 4.78 is 0. The minimum atomic E-state index is -0.432. The average Bonchev–Trinajstić information content (AvgIpc) is 2.97. The van der Waals surface area contributed by atoms with Crippen LogP contribution in [-0.2, 0) is 4.79 Å². The van der Waals surface area contributed by atoms with Crippen LogP contribution in [0, 0.1) is 30.6 Å². The Labute approximate surface area is 117 Å². The van der Waals surface area contributed by atoms with E-state index in [1.54, 1.807) is 0 Å². The van der Waals surface area contributed by atoms with Crippen LogP contribution in [0.15, 0.2) is 0 Å². The smallest absolute Gasteiger partial charge is 0.232 e. The van der Waals surface area contributed by atoms with Crippen LogP contribution in [0.4, 0.5) is 5.00 Å². The molecule has 1 aromatic rings. The van der Waals surface area contributed by atoms with Crippen molar-refractivity contribution in [2.24, 2.45) is 11.1 Å². The molecule has 0 bridgehead atoms. The number of nitrogens with two attached hydrogens (primary N) is 1. The Hall–Kier alpha value is -1.38. The third-order valence-electron chi connectivity index (χ3n) is 4.16. The second-order valence-electron chi connectivity index (χ2n) is 5.24. The molecule has 1 aliphatic rings. The molecule has 1 aliphatic carbocycles. The minimum absolute atomic E-state index is 0.0229. The molecule has 0 unspecified atom stereocenters. The number of nitriles is 1. The van der Waals surface area contributed by atoms with Gasteiger partial charge in [0.05, 0.1) is 11.0 Å². The molecule has 0 radical (unpaired) electrons. The number of hydrogen-bond donors (Lipinski definition) is 2. The van der Waals surface area contributed by atoms with Crippen LogP contribution in [0.25, 0.3) is 0 Å². The van der Waals surface area contributed by atoms with Crippen molar-refractivity contribution in [1.29, 1.82) is 5.26 Å². The van der Waals surface area contributed by atoms with Gasteiger partial charge in [0, 0.05) is 11.4 Å². The van der Waals surface area contributed by atoms with Gasteiger partial charge in [0.1, 0.15) is 11.1 Å². The highest BCUT2D eigenvalue weighted by molar-refractivity contribution is 7.16. The molecule has 5 heteroatoms. The zero-order valence-corrected chi connectivity index (χ0v) is 12.2. The number of hydrogen-bond acceptors (Lipinski definition) is 4. The number of aryl methyl sites for hydroxylation is 1. The summed E-state index contributed by atoms with van der Waals surface area (Å²) in [7, 11) is 0. The molecule has 0 saturated heterocycles. The lowest BCUT2D eigenvalue weighted by atomic mass is 9.85. The third kappa shape index (κ3) is 2.38. The zero-order chi connectivity index (χ0) is 14.0. The van der Waals surface area contributed by atoms with E-state index in [4.69, 9.17) is 5.73 Å². The van der Waals surface area contributed by atoms with Gasteiger partial charge in [-0.05, 0) is 32.3 Å². The topological polar surface area (TPSA) is 78.9 Å². The van der Waals surface area contributed by atoms with Crippen LogP contribution >= 0.6 is 11.3 Å². The maximum absolute atomic E-state index is 12.5. The fourth-order valence-electron chi connectivity index (χ4n) is 2.66. The fraction of sp³-hybridized carbons (Fsp3) is 0.571. The third-order valence-corrected chi connectivity index (χ3v) is 5.28. The molecule has 1 fully saturated rings. The van der Waals surface area contributed by atoms with Crippen LogP contribution in [0.3, 0.4) is 0 Å². The molecule has 1 amide bonds. The molecule has 1 saturated carbocycles. The molecular formula is C14H19N3OS. The van der Waals surface area contributed by atoms with Crippen LogP contribution < -0.4 is 11.1 Å². The van der Waals surface area contributed by atoms with Gasteiger partial charge in [0.2, 0.25) is 5.91 Å². The minimum Gasteiger partial charge on any atom is -0.329 e. The summed E-state index contributed by atoms with van der Waals surface area (Å²) in [5.41, 5.74) is 6.91. The maximum atomic E-state index is 12.5. The van der Waals surface area contributed by atoms with Gasteiger partial charge < -0.3 is 11.1 Å². The summed E-state index contributed by atoms with van der Waals surface area (Å²) in [6.45, 7) is 4.25. The Bertz CT molecular complexity index is 536. The second kappa shape index (κ2) is 5.32. The molecule has 0 atom stereocenters. The van der Waals surface area contributed by atoms with Crippen molar-refractivity contribution in [3.05, 3.63) is 16.0 Å². The van der Waals surface area contributed by atoms with E-state index in [1.165, 1.54) is 11.3 Å². The van der Waals surface area contributed by atoms with E-state index >= 15 is 0 Å². The number of amides is 1. The van der Waals surface area contributed by atoms with E-state index in [0.29, 0.717) is 17.1 Å². The SMILES string of the molecule is Cc1sc(NC(=O)C2(CN)CCCC2)c(C#N)c1C. The molecular weight excluding hydrogens is 258 g/mol. The van der Waals surface area contributed by atoms with Crippen molar-refractivity contribution in [2.75, 3.05) is 11.9 Å². The Balaban J connectivity index is 2.24. The first-order valence-corrected chi connectivity index (χ1v) is 7.37. The Morgan fingerprint density at radius 3 is 2.63 bits per heavy atom. The maximum Gasteiger partial charge on any atom is 0.232 e. The van der Waals surface area contributed by atoms with Crippen LogP contribution in [0.2, 0.25) is 0 Å². The summed E-state index contributed by atoms with van der Waals surface area (Å²) in [5.74, 6) is -0.0229. The lowest BCUT2D eigenvalue weighted by Gasteiger charge is -2.25. The zero-order valence-electron chi connectivity index (χ0n) is 11.4. The number of nitrogens with one attached hydrogen (secondary N) is 1. The molecule has 0 spiro atoms. The summed E-state index contributed by atoms with van der Waals surface area (Å²) in [6.07, 6.45) is 3.80. The highest BCUT2D eigenvalue weighted by atomic mass is 32.1. The first-order chi connectivity index (χ1) is 9.04. The standard InChI is InChI=1S/C14H19N3OS/c1-9-10(2)19-12(11(9)7-15)17-13(18)14(8-16)5-3-4-6-14/h3-6,8,16H2,1-2H3,(H,17,18). The Morgan fingerprint density at radius 2 is 2.11 bits per heavy atom. The Kier molecular flexibility index (Phi) is 3.93. The lowest BCUT2D eigenvalue weighted by Crippen LogP contribution is -2.40. The molecule has 0 aromatic carbocycles. The predicted octanol–water partition coefficient (Wildman–Crippen LogP) is 2.69. The number of thiophene rings is 1. The lowest BCUT2D eigenvalue weighted by molar-refractivity contribution is -0.124. The average molecular weight is 277 g/mol. The number of anilines is 1. The summed E-state index contributed by atoms with van der Waals surface area (Å²) in [4.78, 5) is 13.5. The molecule has 102 valence electrons. The highest BCUT2D eigenvalue weighted by Crippen LogP contribution is 2.39. The van der Waals surface area contributed by atoms with Crippen molar-refractivity contribution in [3.63, 3.8) is 0 Å². The van der Waals surface area contributed by atoms with Gasteiger partial charge in [-0.1, -0.05) is 12.8 Å². The highest BCUT2D eigenvalue weighted by Gasteiger charge is 2.40. The number of rotatable bonds is 3. The molecule has 4 nitrogen and oxygen atoms in total. The van der Waals surface area contributed by atoms with Crippen LogP contribution in [0.5, 0.6) is 0 Å². The number of carbonyl (C=O) groups excluding carboxylic acids is 1. The van der Waals surface area contributed by atoms with Crippen molar-refractivity contribution < 1.29 is 4.79 Å². The summed E-state index contributed by atoms with van der Waals surface area (Å²) >= 11 is 1.47. The largest absolute Gasteiger partial charge is 0.329 e. The number of carbonyl (C=O) groups is 1. The van der Waals surface area contributed by atoms with Crippen LogP contribution in [-0.4, -0.2) is 12.5 Å². The Morgan fingerprint density at radius 1 is 1.47 bits per heavy atom. The van der Waals surface area contributed by atoms with Gasteiger partial charge in [-0.25, -0.2) is 0 Å². The first-order valence-electron chi connectivity index (χ1n) is 6.55. The molecule has 2 rings (SSSR count). The van der Waals surface area contributed by atoms with Crippen LogP contribution in [0.1, 0.15) is 41.7 Å². The van der Waals surface area contributed by atoms with Gasteiger partial charge in [-0.2, -0.15) is 5.26 Å². The molecule has 19 heavy (non-hydrogen) atoms. The van der Waals surface area contributed by atoms with E-state index in [-0.39, 0.29) is 5.91 Å².